The van der Waals surface area contributed by atoms with Crippen LogP contribution in [0.2, 0.25) is 0 Å². The molecule has 30 heavy (non-hydrogen) atoms. The third-order valence-electron chi connectivity index (χ3n) is 7.40. The van der Waals surface area contributed by atoms with Crippen LogP contribution in [0.4, 0.5) is 0 Å². The van der Waals surface area contributed by atoms with E-state index in [0.29, 0.717) is 24.0 Å². The molecule has 0 bridgehead atoms. The van der Waals surface area contributed by atoms with Crippen LogP contribution in [0, 0.1) is 22.7 Å². The lowest BCUT2D eigenvalue weighted by atomic mass is 9.70. The molecule has 2 heteroatoms. The first-order valence-corrected chi connectivity index (χ1v) is 12.4. The number of aliphatic hydroxyl groups is 1. The largest absolute Gasteiger partial charge is 0.389 e. The van der Waals surface area contributed by atoms with E-state index in [0.717, 1.165) is 49.7 Å². The summed E-state index contributed by atoms with van der Waals surface area (Å²) < 4.78 is 0. The Morgan fingerprint density at radius 2 is 1.70 bits per heavy atom. The molecule has 0 heterocycles. The molecule has 0 aromatic heterocycles. The van der Waals surface area contributed by atoms with Crippen molar-refractivity contribution in [2.75, 3.05) is 0 Å². The average Bonchev–Trinajstić information content (AvgIpc) is 2.90. The third-order valence-corrected chi connectivity index (χ3v) is 7.40. The molecule has 0 radical (unpaired) electrons. The molecule has 170 valence electrons. The van der Waals surface area contributed by atoms with Crippen molar-refractivity contribution in [3.63, 3.8) is 0 Å². The molecule has 3 unspecified atom stereocenters. The van der Waals surface area contributed by atoms with Gasteiger partial charge in [0.05, 0.1) is 6.10 Å². The number of hydrogen-bond acceptors (Lipinski definition) is 2. The number of hydrogen-bond donors (Lipinski definition) is 1. The monoisotopic (exact) mass is 414 g/mol. The summed E-state index contributed by atoms with van der Waals surface area (Å²) >= 11 is 0. The molecule has 0 aromatic carbocycles. The van der Waals surface area contributed by atoms with Gasteiger partial charge in [0.1, 0.15) is 0 Å². The fraction of sp³-hybridized carbons (Fsp3) is 0.750. The summed E-state index contributed by atoms with van der Waals surface area (Å²) in [5, 5.41) is 10.6. The zero-order valence-electron chi connectivity index (χ0n) is 20.7. The lowest BCUT2D eigenvalue weighted by molar-refractivity contribution is -0.117. The van der Waals surface area contributed by atoms with Crippen molar-refractivity contribution in [1.82, 2.24) is 0 Å². The normalized spacial score (nSPS) is 26.3. The quantitative estimate of drug-likeness (QED) is 0.400. The summed E-state index contributed by atoms with van der Waals surface area (Å²) in [6.07, 6.45) is 15.4. The Bertz CT molecular complexity index is 680. The van der Waals surface area contributed by atoms with Crippen LogP contribution in [-0.2, 0) is 4.79 Å². The molecular formula is C28H46O2. The van der Waals surface area contributed by atoms with E-state index in [1.807, 2.05) is 6.92 Å². The second kappa shape index (κ2) is 10.4. The molecular weight excluding hydrogens is 368 g/mol. The van der Waals surface area contributed by atoms with Gasteiger partial charge in [0.15, 0.2) is 5.78 Å². The van der Waals surface area contributed by atoms with Crippen molar-refractivity contribution in [2.24, 2.45) is 22.7 Å². The summed E-state index contributed by atoms with van der Waals surface area (Å²) in [5.74, 6) is 1.27. The molecule has 2 aliphatic rings. The molecule has 0 spiro atoms. The second-order valence-electron chi connectivity index (χ2n) is 10.9. The summed E-state index contributed by atoms with van der Waals surface area (Å²) in [6, 6.07) is 0. The van der Waals surface area contributed by atoms with Crippen LogP contribution in [-0.4, -0.2) is 17.0 Å². The van der Waals surface area contributed by atoms with Crippen LogP contribution >= 0.6 is 0 Å². The Balaban J connectivity index is 2.22. The first kappa shape index (κ1) is 25.1. The smallest absolute Gasteiger partial charge is 0.159 e. The molecule has 0 saturated carbocycles. The number of aliphatic hydroxyl groups excluding tert-OH is 1. The topological polar surface area (TPSA) is 37.3 Å². The van der Waals surface area contributed by atoms with Crippen molar-refractivity contribution in [2.45, 2.75) is 112 Å². The Labute approximate surface area is 185 Å². The highest BCUT2D eigenvalue weighted by atomic mass is 16.3. The molecule has 0 aromatic rings. The first-order chi connectivity index (χ1) is 14.1. The summed E-state index contributed by atoms with van der Waals surface area (Å²) in [5.41, 5.74) is 3.36. The standard InChI is InChI=1S/C28H46O2/c1-8-11-21-12-14-23(27(5,6)7)18-22(21)13-15-24(29)26-20(4)25(30)19-28(26,16-9-2)17-10-3/h12,14,18,21-22,25,30H,8-11,13,15-17,19H2,1-7H3. The van der Waals surface area contributed by atoms with Gasteiger partial charge in [0.2, 0.25) is 0 Å². The van der Waals surface area contributed by atoms with Gasteiger partial charge in [0.25, 0.3) is 0 Å². The van der Waals surface area contributed by atoms with Gasteiger partial charge in [-0.05, 0) is 67.4 Å². The van der Waals surface area contributed by atoms with Crippen LogP contribution in [0.1, 0.15) is 106 Å². The highest BCUT2D eigenvalue weighted by Crippen LogP contribution is 2.50. The molecule has 0 amide bonds. The summed E-state index contributed by atoms with van der Waals surface area (Å²) in [4.78, 5) is 13.5. The van der Waals surface area contributed by atoms with E-state index in [1.165, 1.54) is 18.4 Å². The Kier molecular flexibility index (Phi) is 8.74. The van der Waals surface area contributed by atoms with Gasteiger partial charge in [-0.3, -0.25) is 4.79 Å². The zero-order valence-corrected chi connectivity index (χ0v) is 20.7. The molecule has 2 nitrogen and oxygen atoms in total. The molecule has 2 rings (SSSR count). The maximum absolute atomic E-state index is 13.5. The fourth-order valence-electron chi connectivity index (χ4n) is 5.91. The van der Waals surface area contributed by atoms with Crippen LogP contribution in [0.5, 0.6) is 0 Å². The van der Waals surface area contributed by atoms with Gasteiger partial charge in [-0.25, -0.2) is 0 Å². The highest BCUT2D eigenvalue weighted by molar-refractivity contribution is 5.98. The molecule has 0 aliphatic heterocycles. The number of Topliss-reactive ketones (excluding diaryl/α,β-unsaturated/α-hetero) is 1. The van der Waals surface area contributed by atoms with Gasteiger partial charge < -0.3 is 5.11 Å². The van der Waals surface area contributed by atoms with E-state index in [2.05, 4.69) is 59.8 Å². The number of carbonyl (C=O) groups excluding carboxylic acids is 1. The number of allylic oxidation sites excluding steroid dienone is 5. The zero-order chi connectivity index (χ0) is 22.5. The van der Waals surface area contributed by atoms with Gasteiger partial charge in [0, 0.05) is 17.4 Å². The fourth-order valence-corrected chi connectivity index (χ4v) is 5.91. The lowest BCUT2D eigenvalue weighted by Crippen LogP contribution is -2.27. The second-order valence-corrected chi connectivity index (χ2v) is 10.9. The maximum Gasteiger partial charge on any atom is 0.159 e. The van der Waals surface area contributed by atoms with Crippen molar-refractivity contribution < 1.29 is 9.90 Å². The minimum absolute atomic E-state index is 0.105. The van der Waals surface area contributed by atoms with Crippen LogP contribution in [0.15, 0.2) is 34.9 Å². The van der Waals surface area contributed by atoms with E-state index in [-0.39, 0.29) is 10.8 Å². The van der Waals surface area contributed by atoms with Crippen molar-refractivity contribution in [3.05, 3.63) is 34.9 Å². The predicted molar refractivity (Wildman–Crippen MR) is 128 cm³/mol. The van der Waals surface area contributed by atoms with Gasteiger partial charge >= 0.3 is 0 Å². The number of ketones is 1. The minimum Gasteiger partial charge on any atom is -0.389 e. The van der Waals surface area contributed by atoms with Gasteiger partial charge in [-0.15, -0.1) is 0 Å². The SMILES string of the molecule is CCCC1C=CC(C(C)(C)C)=CC1CCC(=O)C1=C(C)C(O)CC1(CCC)CCC. The molecule has 0 saturated heterocycles. The van der Waals surface area contributed by atoms with Gasteiger partial charge in [-0.2, -0.15) is 0 Å². The van der Waals surface area contributed by atoms with E-state index < -0.39 is 6.10 Å². The van der Waals surface area contributed by atoms with Crippen molar-refractivity contribution >= 4 is 5.78 Å². The van der Waals surface area contributed by atoms with Crippen LogP contribution in [0.3, 0.4) is 0 Å². The van der Waals surface area contributed by atoms with Crippen LogP contribution < -0.4 is 0 Å². The highest BCUT2D eigenvalue weighted by Gasteiger charge is 2.45. The van der Waals surface area contributed by atoms with Crippen molar-refractivity contribution in [3.8, 4) is 0 Å². The molecule has 2 aliphatic carbocycles. The Morgan fingerprint density at radius 3 is 2.23 bits per heavy atom. The molecule has 0 fully saturated rings. The summed E-state index contributed by atoms with van der Waals surface area (Å²) in [7, 11) is 0. The first-order valence-electron chi connectivity index (χ1n) is 12.4. The van der Waals surface area contributed by atoms with Crippen LogP contribution in [0.25, 0.3) is 0 Å². The van der Waals surface area contributed by atoms with E-state index in [9.17, 15) is 9.90 Å². The average molecular weight is 415 g/mol. The molecule has 1 N–H and O–H groups in total. The number of carbonyl (C=O) groups is 1. The van der Waals surface area contributed by atoms with E-state index >= 15 is 0 Å². The summed E-state index contributed by atoms with van der Waals surface area (Å²) in [6.45, 7) is 15.4. The Hall–Kier alpha value is -1.15. The van der Waals surface area contributed by atoms with Gasteiger partial charge in [-0.1, -0.05) is 79.0 Å². The minimum atomic E-state index is -0.445. The third kappa shape index (κ3) is 5.55. The van der Waals surface area contributed by atoms with E-state index in [4.69, 9.17) is 0 Å². The lowest BCUT2D eigenvalue weighted by Gasteiger charge is -2.33. The number of rotatable bonds is 10. The molecule has 3 atom stereocenters. The predicted octanol–water partition coefficient (Wildman–Crippen LogP) is 7.58. The van der Waals surface area contributed by atoms with E-state index in [1.54, 1.807) is 0 Å². The Morgan fingerprint density at radius 1 is 1.07 bits per heavy atom. The maximum atomic E-state index is 13.5. The van der Waals surface area contributed by atoms with Crippen molar-refractivity contribution in [1.29, 1.82) is 0 Å².